The van der Waals surface area contributed by atoms with Gasteiger partial charge in [-0.05, 0) is 32.0 Å². The van der Waals surface area contributed by atoms with E-state index in [2.05, 4.69) is 5.32 Å². The van der Waals surface area contributed by atoms with Crippen molar-refractivity contribution in [2.45, 2.75) is 13.8 Å². The third kappa shape index (κ3) is 3.94. The van der Waals surface area contributed by atoms with Gasteiger partial charge in [-0.2, -0.15) is 0 Å². The number of nitrogens with zero attached hydrogens (tertiary/aromatic N) is 2. The van der Waals surface area contributed by atoms with E-state index in [4.69, 9.17) is 11.6 Å². The molecular formula is C18H19ClFN3O3. The van der Waals surface area contributed by atoms with Gasteiger partial charge in [0.05, 0.1) is 16.1 Å². The maximum Gasteiger partial charge on any atom is 0.274 e. The van der Waals surface area contributed by atoms with Gasteiger partial charge in [0.15, 0.2) is 0 Å². The van der Waals surface area contributed by atoms with Gasteiger partial charge in [-0.1, -0.05) is 17.7 Å². The number of aryl methyl sites for hydroxylation is 1. The van der Waals surface area contributed by atoms with Crippen LogP contribution in [0.15, 0.2) is 35.3 Å². The lowest BCUT2D eigenvalue weighted by Gasteiger charge is -2.19. The molecule has 0 atom stereocenters. The second-order valence-electron chi connectivity index (χ2n) is 5.59. The minimum absolute atomic E-state index is 0.0744. The van der Waals surface area contributed by atoms with Crippen LogP contribution in [-0.2, 0) is 7.05 Å². The molecule has 0 spiro atoms. The van der Waals surface area contributed by atoms with E-state index in [1.165, 1.54) is 36.0 Å². The summed E-state index contributed by atoms with van der Waals surface area (Å²) in [6.45, 7) is 4.69. The lowest BCUT2D eigenvalue weighted by atomic mass is 10.1. The van der Waals surface area contributed by atoms with Crippen LogP contribution in [0.4, 0.5) is 10.1 Å². The summed E-state index contributed by atoms with van der Waals surface area (Å²) < 4.78 is 15.1. The highest BCUT2D eigenvalue weighted by atomic mass is 35.5. The average molecular weight is 380 g/mol. The topological polar surface area (TPSA) is 71.4 Å². The second-order valence-corrected chi connectivity index (χ2v) is 5.99. The molecule has 8 heteroatoms. The number of pyridine rings is 1. The molecular weight excluding hydrogens is 361 g/mol. The van der Waals surface area contributed by atoms with Gasteiger partial charge in [-0.25, -0.2) is 4.39 Å². The SMILES string of the molecule is CCN(CC)C(=O)c1cc(NC(=O)c2c(F)cccc2Cl)c(=O)n(C)c1. The molecule has 0 aliphatic heterocycles. The highest BCUT2D eigenvalue weighted by Crippen LogP contribution is 2.20. The monoisotopic (exact) mass is 379 g/mol. The standard InChI is InChI=1S/C18H19ClFN3O3/c1-4-23(5-2)17(25)11-9-14(18(26)22(3)10-11)21-16(24)15-12(19)7-6-8-13(15)20/h6-10H,4-5H2,1-3H3,(H,21,24). The predicted molar refractivity (Wildman–Crippen MR) is 98.3 cm³/mol. The van der Waals surface area contributed by atoms with Gasteiger partial charge >= 0.3 is 0 Å². The molecule has 2 rings (SSSR count). The van der Waals surface area contributed by atoms with Crippen molar-refractivity contribution in [2.24, 2.45) is 7.05 Å². The van der Waals surface area contributed by atoms with Crippen LogP contribution in [0.2, 0.25) is 5.02 Å². The first-order chi connectivity index (χ1) is 12.3. The fraction of sp³-hybridized carbons (Fsp3) is 0.278. The smallest absolute Gasteiger partial charge is 0.274 e. The lowest BCUT2D eigenvalue weighted by Crippen LogP contribution is -2.32. The molecule has 0 fully saturated rings. The first-order valence-electron chi connectivity index (χ1n) is 8.05. The number of aromatic nitrogens is 1. The Balaban J connectivity index is 2.42. The number of carbonyl (C=O) groups excluding carboxylic acids is 2. The maximum atomic E-state index is 13.9. The van der Waals surface area contributed by atoms with Crippen LogP contribution in [0.25, 0.3) is 0 Å². The number of benzene rings is 1. The maximum absolute atomic E-state index is 13.9. The summed E-state index contributed by atoms with van der Waals surface area (Å²) in [5.74, 6) is -1.94. The molecule has 1 heterocycles. The Morgan fingerprint density at radius 1 is 1.27 bits per heavy atom. The molecule has 1 aromatic heterocycles. The van der Waals surface area contributed by atoms with Gasteiger partial charge in [0.25, 0.3) is 17.4 Å². The Labute approximate surface area is 155 Å². The largest absolute Gasteiger partial charge is 0.339 e. The fourth-order valence-electron chi connectivity index (χ4n) is 2.51. The molecule has 0 bridgehead atoms. The van der Waals surface area contributed by atoms with Crippen molar-refractivity contribution in [1.29, 1.82) is 0 Å². The third-order valence-electron chi connectivity index (χ3n) is 3.92. The van der Waals surface area contributed by atoms with Gasteiger partial charge in [-0.3, -0.25) is 14.4 Å². The Hall–Kier alpha value is -2.67. The summed E-state index contributed by atoms with van der Waals surface area (Å²) in [6, 6.07) is 5.13. The summed E-state index contributed by atoms with van der Waals surface area (Å²) in [6.07, 6.45) is 1.40. The van der Waals surface area contributed by atoms with Gasteiger partial charge in [0, 0.05) is 26.3 Å². The van der Waals surface area contributed by atoms with Crippen LogP contribution < -0.4 is 10.9 Å². The van der Waals surface area contributed by atoms with Crippen molar-refractivity contribution in [3.05, 3.63) is 62.8 Å². The van der Waals surface area contributed by atoms with E-state index >= 15 is 0 Å². The number of hydrogen-bond donors (Lipinski definition) is 1. The molecule has 0 unspecified atom stereocenters. The number of carbonyl (C=O) groups is 2. The molecule has 1 aromatic carbocycles. The number of rotatable bonds is 5. The van der Waals surface area contributed by atoms with E-state index < -0.39 is 17.3 Å². The first-order valence-corrected chi connectivity index (χ1v) is 8.43. The number of halogens is 2. The summed E-state index contributed by atoms with van der Waals surface area (Å²) in [5, 5.41) is 2.28. The van der Waals surface area contributed by atoms with Crippen LogP contribution in [0.3, 0.4) is 0 Å². The number of nitrogens with one attached hydrogen (secondary N) is 1. The minimum atomic E-state index is -0.863. The van der Waals surface area contributed by atoms with Crippen LogP contribution in [-0.4, -0.2) is 34.4 Å². The van der Waals surface area contributed by atoms with Crippen molar-refractivity contribution >= 4 is 29.1 Å². The van der Waals surface area contributed by atoms with Gasteiger partial charge in [0.1, 0.15) is 11.5 Å². The van der Waals surface area contributed by atoms with Crippen molar-refractivity contribution in [1.82, 2.24) is 9.47 Å². The van der Waals surface area contributed by atoms with Crippen molar-refractivity contribution in [2.75, 3.05) is 18.4 Å². The Bertz CT molecular complexity index is 887. The molecule has 1 N–H and O–H groups in total. The van der Waals surface area contributed by atoms with Gasteiger partial charge in [0.2, 0.25) is 0 Å². The normalized spacial score (nSPS) is 10.5. The zero-order valence-electron chi connectivity index (χ0n) is 14.7. The van der Waals surface area contributed by atoms with E-state index in [-0.39, 0.29) is 27.7 Å². The third-order valence-corrected chi connectivity index (χ3v) is 4.23. The predicted octanol–water partition coefficient (Wildman–Crippen LogP) is 2.91. The molecule has 0 saturated carbocycles. The minimum Gasteiger partial charge on any atom is -0.339 e. The van der Waals surface area contributed by atoms with Crippen LogP contribution in [0.1, 0.15) is 34.6 Å². The number of hydrogen-bond acceptors (Lipinski definition) is 3. The Morgan fingerprint density at radius 3 is 2.50 bits per heavy atom. The molecule has 2 aromatic rings. The fourth-order valence-corrected chi connectivity index (χ4v) is 2.76. The van der Waals surface area contributed by atoms with E-state index in [1.54, 1.807) is 4.90 Å². The first kappa shape index (κ1) is 19.7. The van der Waals surface area contributed by atoms with Gasteiger partial charge in [-0.15, -0.1) is 0 Å². The number of amides is 2. The van der Waals surface area contributed by atoms with Crippen molar-refractivity contribution in [3.63, 3.8) is 0 Å². The summed E-state index contributed by atoms with van der Waals surface area (Å²) in [5.41, 5.74) is -0.779. The molecule has 26 heavy (non-hydrogen) atoms. The van der Waals surface area contributed by atoms with Crippen molar-refractivity contribution in [3.8, 4) is 0 Å². The lowest BCUT2D eigenvalue weighted by molar-refractivity contribution is 0.0771. The Kier molecular flexibility index (Phi) is 6.15. The highest BCUT2D eigenvalue weighted by molar-refractivity contribution is 6.34. The number of anilines is 1. The zero-order chi connectivity index (χ0) is 19.4. The average Bonchev–Trinajstić information content (AvgIpc) is 2.59. The molecule has 0 saturated heterocycles. The second kappa shape index (κ2) is 8.14. The molecule has 0 aliphatic rings. The quantitative estimate of drug-likeness (QED) is 0.868. The zero-order valence-corrected chi connectivity index (χ0v) is 15.4. The van der Waals surface area contributed by atoms with Crippen LogP contribution in [0, 0.1) is 5.82 Å². The van der Waals surface area contributed by atoms with Crippen molar-refractivity contribution < 1.29 is 14.0 Å². The van der Waals surface area contributed by atoms with Crippen LogP contribution in [0.5, 0.6) is 0 Å². The Morgan fingerprint density at radius 2 is 1.92 bits per heavy atom. The molecule has 138 valence electrons. The van der Waals surface area contributed by atoms with E-state index in [0.717, 1.165) is 6.07 Å². The van der Waals surface area contributed by atoms with Crippen LogP contribution >= 0.6 is 11.6 Å². The highest BCUT2D eigenvalue weighted by Gasteiger charge is 2.20. The molecule has 6 nitrogen and oxygen atoms in total. The molecule has 0 aliphatic carbocycles. The molecule has 0 radical (unpaired) electrons. The summed E-state index contributed by atoms with van der Waals surface area (Å²) in [4.78, 5) is 38.7. The van der Waals surface area contributed by atoms with E-state index in [1.807, 2.05) is 13.8 Å². The molecule has 2 amide bonds. The van der Waals surface area contributed by atoms with Gasteiger partial charge < -0.3 is 14.8 Å². The van der Waals surface area contributed by atoms with E-state index in [0.29, 0.717) is 13.1 Å². The summed E-state index contributed by atoms with van der Waals surface area (Å²) >= 11 is 5.88. The summed E-state index contributed by atoms with van der Waals surface area (Å²) in [7, 11) is 1.47. The van der Waals surface area contributed by atoms with E-state index in [9.17, 15) is 18.8 Å².